The van der Waals surface area contributed by atoms with Crippen LogP contribution in [0.3, 0.4) is 0 Å². The first-order chi connectivity index (χ1) is 29.8. The molecule has 1 aliphatic heterocycles. The molecule has 0 bridgehead atoms. The molecule has 1 saturated heterocycles. The van der Waals surface area contributed by atoms with Gasteiger partial charge in [0.2, 0.25) is 0 Å². The first-order valence-corrected chi connectivity index (χ1v) is 24.0. The zero-order valence-electron chi connectivity index (χ0n) is 38.1. The van der Waals surface area contributed by atoms with E-state index in [2.05, 4.69) is 80.7 Å². The molecule has 6 atom stereocenters. The number of carbonyl (C=O) groups excluding carboxylic acids is 2. The Bertz CT molecular complexity index is 1220. The highest BCUT2D eigenvalue weighted by Crippen LogP contribution is 2.22. The van der Waals surface area contributed by atoms with Gasteiger partial charge in [-0.15, -0.1) is 0 Å². The van der Waals surface area contributed by atoms with Crippen LogP contribution >= 0.6 is 0 Å². The number of hydrogen-bond acceptors (Lipinski definition) is 10. The molecule has 0 aromatic carbocycles. The topological polar surface area (TPSA) is 152 Å². The summed E-state index contributed by atoms with van der Waals surface area (Å²) >= 11 is 0. The van der Waals surface area contributed by atoms with E-state index in [-0.39, 0.29) is 26.1 Å². The average molecular weight is 859 g/mol. The van der Waals surface area contributed by atoms with Crippen LogP contribution < -0.4 is 0 Å². The molecule has 0 spiro atoms. The highest BCUT2D eigenvalue weighted by atomic mass is 16.7. The molecule has 4 N–H and O–H groups in total. The minimum absolute atomic E-state index is 0.195. The summed E-state index contributed by atoms with van der Waals surface area (Å²) in [7, 11) is 0. The van der Waals surface area contributed by atoms with Gasteiger partial charge in [-0.1, -0.05) is 157 Å². The van der Waals surface area contributed by atoms with E-state index >= 15 is 0 Å². The van der Waals surface area contributed by atoms with Crippen molar-refractivity contribution in [3.63, 3.8) is 0 Å². The maximum Gasteiger partial charge on any atom is 0.306 e. The van der Waals surface area contributed by atoms with Gasteiger partial charge < -0.3 is 39.4 Å². The van der Waals surface area contributed by atoms with E-state index in [9.17, 15) is 30.0 Å². The van der Waals surface area contributed by atoms with Crippen LogP contribution in [0.25, 0.3) is 0 Å². The molecule has 0 aromatic heterocycles. The third-order valence-electron chi connectivity index (χ3n) is 10.6. The number of unbranched alkanes of at least 4 members (excludes halogenated alkanes) is 16. The molecular formula is C51H86O10. The Labute approximate surface area is 370 Å². The highest BCUT2D eigenvalue weighted by Gasteiger charge is 2.44. The second-order valence-corrected chi connectivity index (χ2v) is 16.2. The lowest BCUT2D eigenvalue weighted by atomic mass is 9.99. The van der Waals surface area contributed by atoms with E-state index in [1.54, 1.807) is 0 Å². The van der Waals surface area contributed by atoms with Gasteiger partial charge in [0.15, 0.2) is 12.4 Å². The summed E-state index contributed by atoms with van der Waals surface area (Å²) in [5, 5.41) is 40.1. The zero-order valence-corrected chi connectivity index (χ0v) is 38.1. The van der Waals surface area contributed by atoms with Crippen LogP contribution in [-0.4, -0.2) is 89.0 Å². The predicted octanol–water partition coefficient (Wildman–Crippen LogP) is 10.8. The van der Waals surface area contributed by atoms with Crippen LogP contribution in [0, 0.1) is 0 Å². The van der Waals surface area contributed by atoms with Crippen LogP contribution in [-0.2, 0) is 28.5 Å². The number of allylic oxidation sites excluding steroid dienone is 12. The molecule has 0 aliphatic carbocycles. The van der Waals surface area contributed by atoms with Gasteiger partial charge in [-0.05, 0) is 83.5 Å². The largest absolute Gasteiger partial charge is 0.462 e. The van der Waals surface area contributed by atoms with E-state index in [1.807, 2.05) is 6.08 Å². The average Bonchev–Trinajstić information content (AvgIpc) is 3.26. The number of aliphatic hydroxyl groups is 4. The molecular weight excluding hydrogens is 773 g/mol. The SMILES string of the molecule is CCCCC/C=C/C/C=C/C/C=C/C/C=C/CCCC(=O)OC[C@H](CO[C@@H]1O[C@H](CO)[C@H](O)C(O)C1O)OC(=O)CCCCCCCCCCC/C=C/C/C=C/CCCCC. The Morgan fingerprint density at radius 3 is 1.43 bits per heavy atom. The van der Waals surface area contributed by atoms with E-state index in [1.165, 1.54) is 77.0 Å². The minimum atomic E-state index is -1.61. The van der Waals surface area contributed by atoms with Crippen LogP contribution in [0.15, 0.2) is 72.9 Å². The summed E-state index contributed by atoms with van der Waals surface area (Å²) in [6.45, 7) is 3.31. The Hall–Kier alpha value is -2.86. The monoisotopic (exact) mass is 859 g/mol. The number of rotatable bonds is 39. The smallest absolute Gasteiger partial charge is 0.306 e. The summed E-state index contributed by atoms with van der Waals surface area (Å²) < 4.78 is 22.1. The predicted molar refractivity (Wildman–Crippen MR) is 247 cm³/mol. The van der Waals surface area contributed by atoms with Gasteiger partial charge in [-0.2, -0.15) is 0 Å². The second-order valence-electron chi connectivity index (χ2n) is 16.2. The molecule has 0 saturated carbocycles. The summed E-state index contributed by atoms with van der Waals surface area (Å²) in [4.78, 5) is 25.4. The molecule has 1 fully saturated rings. The van der Waals surface area contributed by atoms with E-state index in [4.69, 9.17) is 18.9 Å². The minimum Gasteiger partial charge on any atom is -0.462 e. The molecule has 61 heavy (non-hydrogen) atoms. The molecule has 350 valence electrons. The fourth-order valence-electron chi connectivity index (χ4n) is 6.74. The van der Waals surface area contributed by atoms with Crippen LogP contribution in [0.1, 0.15) is 181 Å². The van der Waals surface area contributed by atoms with Gasteiger partial charge in [0.1, 0.15) is 31.0 Å². The van der Waals surface area contributed by atoms with Crippen LogP contribution in [0.2, 0.25) is 0 Å². The molecule has 0 amide bonds. The number of hydrogen-bond donors (Lipinski definition) is 4. The van der Waals surface area contributed by atoms with Crippen LogP contribution in [0.5, 0.6) is 0 Å². The van der Waals surface area contributed by atoms with E-state index in [0.29, 0.717) is 12.8 Å². The van der Waals surface area contributed by atoms with E-state index < -0.39 is 55.4 Å². The van der Waals surface area contributed by atoms with Crippen LogP contribution in [0.4, 0.5) is 0 Å². The number of carbonyl (C=O) groups is 2. The van der Waals surface area contributed by atoms with Crippen molar-refractivity contribution in [3.8, 4) is 0 Å². The Balaban J connectivity index is 2.35. The standard InChI is InChI=1S/C51H86O10/c1-3-5-7-9-11-13-15-17-19-21-22-24-26-28-30-32-34-36-38-40-47(54)60-44(43-59-51-50(57)49(56)48(55)45(41-52)61-51)42-58-46(53)39-37-35-33-31-29-27-25-23-20-18-16-14-12-10-8-6-4-2/h11-14,17-20,25,27,31,33,44-45,48-52,55-57H,3-10,15-16,21-24,26,28-30,32,34-43H2,1-2H3/b13-11+,14-12+,19-17+,20-18+,27-25+,33-31+/t44-,45-,48+,49?,50?,51-/m1/s1. The van der Waals surface area contributed by atoms with Gasteiger partial charge in [-0.3, -0.25) is 9.59 Å². The number of ether oxygens (including phenoxy) is 4. The summed E-state index contributed by atoms with van der Waals surface area (Å²) in [5.74, 6) is -0.880. The highest BCUT2D eigenvalue weighted by molar-refractivity contribution is 5.70. The maximum absolute atomic E-state index is 12.8. The number of esters is 2. The Morgan fingerprint density at radius 2 is 0.934 bits per heavy atom. The summed E-state index contributed by atoms with van der Waals surface area (Å²) in [5.41, 5.74) is 0. The first kappa shape index (κ1) is 56.2. The maximum atomic E-state index is 12.8. The summed E-state index contributed by atoms with van der Waals surface area (Å²) in [6.07, 6.45) is 44.8. The fraction of sp³-hybridized carbons (Fsp3) is 0.725. The normalized spacial score (nSPS) is 20.4. The van der Waals surface area contributed by atoms with Crippen molar-refractivity contribution in [3.05, 3.63) is 72.9 Å². The number of aliphatic hydroxyl groups excluding tert-OH is 4. The zero-order chi connectivity index (χ0) is 44.4. The van der Waals surface area contributed by atoms with Gasteiger partial charge in [0.05, 0.1) is 13.2 Å². The van der Waals surface area contributed by atoms with Crippen molar-refractivity contribution in [1.29, 1.82) is 0 Å². The first-order valence-electron chi connectivity index (χ1n) is 24.0. The molecule has 1 heterocycles. The van der Waals surface area contributed by atoms with Gasteiger partial charge in [0.25, 0.3) is 0 Å². The molecule has 1 rings (SSSR count). The molecule has 1 aliphatic rings. The van der Waals surface area contributed by atoms with E-state index in [0.717, 1.165) is 64.2 Å². The molecule has 2 unspecified atom stereocenters. The molecule has 0 radical (unpaired) electrons. The summed E-state index contributed by atoms with van der Waals surface area (Å²) in [6, 6.07) is 0. The van der Waals surface area contributed by atoms with Crippen molar-refractivity contribution >= 4 is 11.9 Å². The third kappa shape index (κ3) is 32.5. The van der Waals surface area contributed by atoms with Crippen molar-refractivity contribution < 1.29 is 49.0 Å². The van der Waals surface area contributed by atoms with Crippen molar-refractivity contribution in [2.75, 3.05) is 19.8 Å². The van der Waals surface area contributed by atoms with Crippen molar-refractivity contribution in [2.45, 2.75) is 218 Å². The lowest BCUT2D eigenvalue weighted by Gasteiger charge is -2.39. The lowest BCUT2D eigenvalue weighted by molar-refractivity contribution is -0.305. The third-order valence-corrected chi connectivity index (χ3v) is 10.6. The Kier molecular flexibility index (Phi) is 37.9. The second kappa shape index (κ2) is 41.2. The quantitative estimate of drug-likeness (QED) is 0.0267. The Morgan fingerprint density at radius 1 is 0.508 bits per heavy atom. The van der Waals surface area contributed by atoms with Gasteiger partial charge >= 0.3 is 11.9 Å². The molecule has 10 nitrogen and oxygen atoms in total. The van der Waals surface area contributed by atoms with Gasteiger partial charge in [-0.25, -0.2) is 0 Å². The van der Waals surface area contributed by atoms with Crippen molar-refractivity contribution in [2.24, 2.45) is 0 Å². The lowest BCUT2D eigenvalue weighted by Crippen LogP contribution is -2.59. The van der Waals surface area contributed by atoms with Gasteiger partial charge in [0, 0.05) is 12.8 Å². The fourth-order valence-corrected chi connectivity index (χ4v) is 6.74. The van der Waals surface area contributed by atoms with Crippen molar-refractivity contribution in [1.82, 2.24) is 0 Å². The molecule has 0 aromatic rings. The molecule has 10 heteroatoms.